The molecule has 0 atom stereocenters. The fourth-order valence-corrected chi connectivity index (χ4v) is 3.93. The van der Waals surface area contributed by atoms with Crippen LogP contribution in [0.4, 0.5) is 11.8 Å². The van der Waals surface area contributed by atoms with Crippen LogP contribution in [0.25, 0.3) is 11.2 Å². The lowest BCUT2D eigenvalue weighted by molar-refractivity contribution is 0.634. The van der Waals surface area contributed by atoms with Gasteiger partial charge in [0.05, 0.1) is 0 Å². The molecule has 134 valence electrons. The van der Waals surface area contributed by atoms with Crippen LogP contribution in [0.15, 0.2) is 24.8 Å². The smallest absolute Gasteiger partial charge is 0.225 e. The van der Waals surface area contributed by atoms with E-state index in [0.29, 0.717) is 0 Å². The third-order valence-corrected chi connectivity index (χ3v) is 5.29. The molecule has 3 aromatic heterocycles. The van der Waals surface area contributed by atoms with Gasteiger partial charge in [0.15, 0.2) is 17.0 Å². The summed E-state index contributed by atoms with van der Waals surface area (Å²) >= 11 is 0. The Morgan fingerprint density at radius 3 is 2.42 bits per heavy atom. The summed E-state index contributed by atoms with van der Waals surface area (Å²) in [5, 5.41) is 0. The summed E-state index contributed by atoms with van der Waals surface area (Å²) in [5.41, 5.74) is 1.94. The summed E-state index contributed by atoms with van der Waals surface area (Å²) in [5.74, 6) is 2.92. The van der Waals surface area contributed by atoms with Crippen LogP contribution in [0.1, 0.15) is 25.1 Å². The zero-order valence-corrected chi connectivity index (χ0v) is 14.8. The van der Waals surface area contributed by atoms with Crippen molar-refractivity contribution in [2.45, 2.75) is 32.2 Å². The molecule has 26 heavy (non-hydrogen) atoms. The molecule has 2 aliphatic rings. The summed E-state index contributed by atoms with van der Waals surface area (Å²) < 4.78 is 2.29. The molecule has 0 spiro atoms. The lowest BCUT2D eigenvalue weighted by Crippen LogP contribution is -2.47. The number of aryl methyl sites for hydroxylation is 2. The first kappa shape index (κ1) is 15.5. The van der Waals surface area contributed by atoms with Crippen LogP contribution in [0, 0.1) is 0 Å². The summed E-state index contributed by atoms with van der Waals surface area (Å²) in [4.78, 5) is 27.3. The maximum absolute atomic E-state index is 4.92. The maximum atomic E-state index is 4.92. The van der Waals surface area contributed by atoms with Crippen molar-refractivity contribution in [2.24, 2.45) is 0 Å². The van der Waals surface area contributed by atoms with E-state index in [9.17, 15) is 0 Å². The standard InChI is InChI=1S/C18H22N8/c1-2-5-14-23-15-16(21-13-22-17(15)26(14)8-3-1)24-9-11-25(12-10-24)18-19-6-4-7-20-18/h4,6-7,13H,1-3,5,8-12H2. The second kappa shape index (κ2) is 6.51. The lowest BCUT2D eigenvalue weighted by Gasteiger charge is -2.35. The third-order valence-electron chi connectivity index (χ3n) is 5.29. The molecule has 5 rings (SSSR count). The molecule has 1 fully saturated rings. The molecule has 2 aliphatic heterocycles. The molecular weight excluding hydrogens is 328 g/mol. The number of piperazine rings is 1. The molecule has 8 heteroatoms. The van der Waals surface area contributed by atoms with Crippen molar-refractivity contribution in [3.63, 3.8) is 0 Å². The highest BCUT2D eigenvalue weighted by Crippen LogP contribution is 2.27. The number of hydrogen-bond acceptors (Lipinski definition) is 7. The lowest BCUT2D eigenvalue weighted by atomic mass is 10.2. The van der Waals surface area contributed by atoms with E-state index < -0.39 is 0 Å². The zero-order valence-electron chi connectivity index (χ0n) is 14.8. The predicted octanol–water partition coefficient (Wildman–Crippen LogP) is 1.67. The van der Waals surface area contributed by atoms with Gasteiger partial charge in [-0.25, -0.2) is 24.9 Å². The molecule has 0 saturated carbocycles. The van der Waals surface area contributed by atoms with Gasteiger partial charge in [0.2, 0.25) is 5.95 Å². The van der Waals surface area contributed by atoms with Crippen molar-refractivity contribution < 1.29 is 0 Å². The molecule has 0 radical (unpaired) electrons. The van der Waals surface area contributed by atoms with Gasteiger partial charge in [0.1, 0.15) is 12.2 Å². The topological polar surface area (TPSA) is 75.9 Å². The first-order valence-corrected chi connectivity index (χ1v) is 9.37. The molecule has 8 nitrogen and oxygen atoms in total. The molecule has 0 aliphatic carbocycles. The van der Waals surface area contributed by atoms with Crippen LogP contribution in [0.3, 0.4) is 0 Å². The van der Waals surface area contributed by atoms with Gasteiger partial charge in [-0.15, -0.1) is 0 Å². The second-order valence-corrected chi connectivity index (χ2v) is 6.88. The number of hydrogen-bond donors (Lipinski definition) is 0. The number of imidazole rings is 1. The average Bonchev–Trinajstić information content (AvgIpc) is 2.90. The molecule has 0 unspecified atom stereocenters. The van der Waals surface area contributed by atoms with Crippen molar-refractivity contribution in [1.29, 1.82) is 0 Å². The zero-order chi connectivity index (χ0) is 17.3. The van der Waals surface area contributed by atoms with E-state index in [1.54, 1.807) is 18.7 Å². The van der Waals surface area contributed by atoms with E-state index in [0.717, 1.165) is 67.9 Å². The number of aromatic nitrogens is 6. The Balaban J connectivity index is 1.42. The first-order valence-electron chi connectivity index (χ1n) is 9.37. The van der Waals surface area contributed by atoms with Crippen LogP contribution < -0.4 is 9.80 Å². The maximum Gasteiger partial charge on any atom is 0.225 e. The fourth-order valence-electron chi connectivity index (χ4n) is 3.93. The van der Waals surface area contributed by atoms with Gasteiger partial charge in [-0.1, -0.05) is 6.42 Å². The Kier molecular flexibility index (Phi) is 3.88. The van der Waals surface area contributed by atoms with Crippen LogP contribution in [0.5, 0.6) is 0 Å². The molecular formula is C18H22N8. The van der Waals surface area contributed by atoms with E-state index in [-0.39, 0.29) is 0 Å². The monoisotopic (exact) mass is 350 g/mol. The van der Waals surface area contributed by atoms with Gasteiger partial charge in [0.25, 0.3) is 0 Å². The van der Waals surface area contributed by atoms with Crippen LogP contribution in [0.2, 0.25) is 0 Å². The highest BCUT2D eigenvalue weighted by Gasteiger charge is 2.24. The minimum absolute atomic E-state index is 0.800. The van der Waals surface area contributed by atoms with Crippen LogP contribution >= 0.6 is 0 Å². The highest BCUT2D eigenvalue weighted by atomic mass is 15.3. The average molecular weight is 350 g/mol. The van der Waals surface area contributed by atoms with E-state index in [1.165, 1.54) is 19.3 Å². The molecule has 0 amide bonds. The Labute approximate surface area is 151 Å². The van der Waals surface area contributed by atoms with E-state index in [4.69, 9.17) is 4.98 Å². The minimum atomic E-state index is 0.800. The second-order valence-electron chi connectivity index (χ2n) is 6.88. The van der Waals surface area contributed by atoms with E-state index in [2.05, 4.69) is 34.3 Å². The number of fused-ring (bicyclic) bond motifs is 3. The quantitative estimate of drug-likeness (QED) is 0.696. The van der Waals surface area contributed by atoms with Crippen molar-refractivity contribution in [1.82, 2.24) is 29.5 Å². The molecule has 1 saturated heterocycles. The largest absolute Gasteiger partial charge is 0.351 e. The van der Waals surface area contributed by atoms with Crippen LogP contribution in [-0.2, 0) is 13.0 Å². The van der Waals surface area contributed by atoms with Crippen molar-refractivity contribution in [2.75, 3.05) is 36.0 Å². The highest BCUT2D eigenvalue weighted by molar-refractivity contribution is 5.84. The summed E-state index contributed by atoms with van der Waals surface area (Å²) in [6.45, 7) is 4.53. The Morgan fingerprint density at radius 1 is 0.769 bits per heavy atom. The minimum Gasteiger partial charge on any atom is -0.351 e. The number of nitrogens with zero attached hydrogens (tertiary/aromatic N) is 8. The van der Waals surface area contributed by atoms with E-state index in [1.807, 2.05) is 6.07 Å². The van der Waals surface area contributed by atoms with Gasteiger partial charge in [0, 0.05) is 51.5 Å². The van der Waals surface area contributed by atoms with Crippen molar-refractivity contribution in [3.05, 3.63) is 30.6 Å². The fraction of sp³-hybridized carbons (Fsp3) is 0.500. The van der Waals surface area contributed by atoms with Crippen LogP contribution in [-0.4, -0.2) is 55.7 Å². The van der Waals surface area contributed by atoms with Gasteiger partial charge >= 0.3 is 0 Å². The summed E-state index contributed by atoms with van der Waals surface area (Å²) in [6.07, 6.45) is 9.99. The van der Waals surface area contributed by atoms with E-state index >= 15 is 0 Å². The third kappa shape index (κ3) is 2.65. The molecule has 0 bridgehead atoms. The van der Waals surface area contributed by atoms with Gasteiger partial charge in [-0.2, -0.15) is 0 Å². The van der Waals surface area contributed by atoms with Crippen molar-refractivity contribution in [3.8, 4) is 0 Å². The number of anilines is 2. The molecule has 3 aromatic rings. The first-order chi connectivity index (χ1) is 12.9. The predicted molar refractivity (Wildman–Crippen MR) is 99.3 cm³/mol. The number of rotatable bonds is 2. The van der Waals surface area contributed by atoms with Crippen molar-refractivity contribution >= 4 is 22.9 Å². The Morgan fingerprint density at radius 2 is 1.58 bits per heavy atom. The summed E-state index contributed by atoms with van der Waals surface area (Å²) in [7, 11) is 0. The Bertz CT molecular complexity index is 898. The molecule has 0 aromatic carbocycles. The SMILES string of the molecule is c1cnc(N2CCN(c3ncnc4c3nc3n4CCCCC3)CC2)nc1. The summed E-state index contributed by atoms with van der Waals surface area (Å²) in [6, 6.07) is 1.85. The van der Waals surface area contributed by atoms with Gasteiger partial charge in [-0.3, -0.25) is 0 Å². The Hall–Kier alpha value is -2.77. The molecule has 0 N–H and O–H groups in total. The normalized spacial score (nSPS) is 18.0. The van der Waals surface area contributed by atoms with Gasteiger partial charge < -0.3 is 14.4 Å². The van der Waals surface area contributed by atoms with Gasteiger partial charge in [-0.05, 0) is 18.9 Å². The molecule has 5 heterocycles.